The number of rotatable bonds is 2. The first kappa shape index (κ1) is 12.9. The van der Waals surface area contributed by atoms with Crippen LogP contribution in [0.25, 0.3) is 0 Å². The van der Waals surface area contributed by atoms with Crippen LogP contribution in [-0.2, 0) is 9.53 Å². The summed E-state index contributed by atoms with van der Waals surface area (Å²) in [6, 6.07) is 0.402. The summed E-state index contributed by atoms with van der Waals surface area (Å²) in [4.78, 5) is 15.7. The van der Waals surface area contributed by atoms with Crippen molar-refractivity contribution in [3.8, 4) is 0 Å². The van der Waals surface area contributed by atoms with Crippen LogP contribution in [0.2, 0.25) is 0 Å². The Hall–Kier alpha value is -0.570. The predicted octanol–water partition coefficient (Wildman–Crippen LogP) is 2.84. The monoisotopic (exact) mass is 289 g/mol. The van der Waals surface area contributed by atoms with Crippen molar-refractivity contribution in [3.63, 3.8) is 0 Å². The summed E-state index contributed by atoms with van der Waals surface area (Å²) in [7, 11) is 0. The van der Waals surface area contributed by atoms with Gasteiger partial charge in [0.05, 0.1) is 24.7 Å². The lowest BCUT2D eigenvalue weighted by atomic mass is 9.49. The molecule has 0 spiro atoms. The highest BCUT2D eigenvalue weighted by molar-refractivity contribution is 5.83. The number of amides is 1. The fraction of sp³-hybridized carbons (Fsp3) is 0.944. The fourth-order valence-corrected chi connectivity index (χ4v) is 6.42. The van der Waals surface area contributed by atoms with Crippen LogP contribution in [0, 0.1) is 29.1 Å². The van der Waals surface area contributed by atoms with Crippen molar-refractivity contribution in [2.24, 2.45) is 29.1 Å². The maximum absolute atomic E-state index is 13.5. The Morgan fingerprint density at radius 2 is 1.62 bits per heavy atom. The molecule has 6 fully saturated rings. The van der Waals surface area contributed by atoms with Crippen molar-refractivity contribution < 1.29 is 9.53 Å². The molecule has 3 heteroatoms. The second kappa shape index (κ2) is 4.47. The number of ether oxygens (including phenoxy) is 1. The standard InChI is InChI=1S/C18H27NO2/c20-17(19-3-4-21-11-16(19)15-1-2-15)18-8-12-5-13(9-18)7-14(6-12)10-18/h12-16H,1-11H2/t12?,13?,14?,16-,18?/m1/s1. The second-order valence-electron chi connectivity index (χ2n) is 8.68. The molecule has 4 bridgehead atoms. The third kappa shape index (κ3) is 1.99. The zero-order chi connectivity index (χ0) is 14.0. The third-order valence-electron chi connectivity index (χ3n) is 7.08. The highest BCUT2D eigenvalue weighted by atomic mass is 16.5. The van der Waals surface area contributed by atoms with Gasteiger partial charge >= 0.3 is 0 Å². The zero-order valence-corrected chi connectivity index (χ0v) is 12.9. The van der Waals surface area contributed by atoms with E-state index in [1.54, 1.807) is 0 Å². The molecule has 21 heavy (non-hydrogen) atoms. The van der Waals surface area contributed by atoms with E-state index in [1.807, 2.05) is 0 Å². The van der Waals surface area contributed by atoms with Gasteiger partial charge in [0.2, 0.25) is 5.91 Å². The molecule has 5 aliphatic carbocycles. The Kier molecular flexibility index (Phi) is 2.75. The van der Waals surface area contributed by atoms with E-state index in [0.717, 1.165) is 43.4 Å². The van der Waals surface area contributed by atoms with Crippen LogP contribution >= 0.6 is 0 Å². The van der Waals surface area contributed by atoms with Crippen molar-refractivity contribution in [3.05, 3.63) is 0 Å². The first-order chi connectivity index (χ1) is 10.2. The van der Waals surface area contributed by atoms with E-state index in [4.69, 9.17) is 4.74 Å². The van der Waals surface area contributed by atoms with E-state index in [9.17, 15) is 4.79 Å². The van der Waals surface area contributed by atoms with Gasteiger partial charge in [-0.05, 0) is 75.0 Å². The van der Waals surface area contributed by atoms with Gasteiger partial charge in [0.25, 0.3) is 0 Å². The summed E-state index contributed by atoms with van der Waals surface area (Å²) in [6.07, 6.45) is 10.5. The normalized spacial score (nSPS) is 48.7. The molecule has 0 N–H and O–H groups in total. The number of hydrogen-bond donors (Lipinski definition) is 0. The van der Waals surface area contributed by atoms with Crippen molar-refractivity contribution in [2.75, 3.05) is 19.8 Å². The first-order valence-corrected chi connectivity index (χ1v) is 9.12. The summed E-state index contributed by atoms with van der Waals surface area (Å²) in [5, 5.41) is 0. The number of carbonyl (C=O) groups is 1. The summed E-state index contributed by atoms with van der Waals surface area (Å²) in [5.74, 6) is 3.85. The number of hydrogen-bond acceptors (Lipinski definition) is 2. The second-order valence-corrected chi connectivity index (χ2v) is 8.68. The van der Waals surface area contributed by atoms with E-state index >= 15 is 0 Å². The van der Waals surface area contributed by atoms with Crippen LogP contribution in [0.1, 0.15) is 51.4 Å². The first-order valence-electron chi connectivity index (χ1n) is 9.12. The molecule has 116 valence electrons. The summed E-state index contributed by atoms with van der Waals surface area (Å²) >= 11 is 0. The van der Waals surface area contributed by atoms with Crippen LogP contribution < -0.4 is 0 Å². The average Bonchev–Trinajstić information content (AvgIpc) is 3.29. The molecule has 1 aliphatic heterocycles. The van der Waals surface area contributed by atoms with E-state index in [1.165, 1.54) is 51.4 Å². The van der Waals surface area contributed by atoms with Gasteiger partial charge in [-0.1, -0.05) is 0 Å². The Morgan fingerprint density at radius 1 is 1.00 bits per heavy atom. The molecule has 1 saturated heterocycles. The summed E-state index contributed by atoms with van der Waals surface area (Å²) < 4.78 is 5.69. The van der Waals surface area contributed by atoms with E-state index in [2.05, 4.69) is 4.90 Å². The topological polar surface area (TPSA) is 29.5 Å². The molecule has 1 heterocycles. The van der Waals surface area contributed by atoms with Crippen molar-refractivity contribution >= 4 is 5.91 Å². The summed E-state index contributed by atoms with van der Waals surface area (Å²) in [6.45, 7) is 2.39. The average molecular weight is 289 g/mol. The largest absolute Gasteiger partial charge is 0.377 e. The molecule has 0 aromatic rings. The molecule has 0 aromatic carbocycles. The van der Waals surface area contributed by atoms with Crippen LogP contribution in [0.4, 0.5) is 0 Å². The van der Waals surface area contributed by atoms with E-state index in [0.29, 0.717) is 11.9 Å². The van der Waals surface area contributed by atoms with Crippen molar-refractivity contribution in [1.82, 2.24) is 4.90 Å². The van der Waals surface area contributed by atoms with Gasteiger partial charge in [-0.25, -0.2) is 0 Å². The van der Waals surface area contributed by atoms with Crippen molar-refractivity contribution in [1.29, 1.82) is 0 Å². The maximum Gasteiger partial charge on any atom is 0.229 e. The number of nitrogens with zero attached hydrogens (tertiary/aromatic N) is 1. The molecule has 5 saturated carbocycles. The highest BCUT2D eigenvalue weighted by Crippen LogP contribution is 2.60. The van der Waals surface area contributed by atoms with E-state index in [-0.39, 0.29) is 5.41 Å². The minimum Gasteiger partial charge on any atom is -0.377 e. The van der Waals surface area contributed by atoms with Crippen LogP contribution in [0.15, 0.2) is 0 Å². The van der Waals surface area contributed by atoms with E-state index < -0.39 is 0 Å². The van der Waals surface area contributed by atoms with Crippen molar-refractivity contribution in [2.45, 2.75) is 57.4 Å². The highest BCUT2D eigenvalue weighted by Gasteiger charge is 2.56. The van der Waals surface area contributed by atoms with Gasteiger partial charge in [-0.15, -0.1) is 0 Å². The van der Waals surface area contributed by atoms with Gasteiger partial charge in [0.15, 0.2) is 0 Å². The van der Waals surface area contributed by atoms with Gasteiger partial charge in [-0.2, -0.15) is 0 Å². The molecule has 6 rings (SSSR count). The molecule has 3 nitrogen and oxygen atoms in total. The number of morpholine rings is 1. The van der Waals surface area contributed by atoms with Crippen LogP contribution in [-0.4, -0.2) is 36.6 Å². The van der Waals surface area contributed by atoms with Crippen LogP contribution in [0.5, 0.6) is 0 Å². The molecular formula is C18H27NO2. The third-order valence-corrected chi connectivity index (χ3v) is 7.08. The molecule has 0 unspecified atom stereocenters. The SMILES string of the molecule is O=C(N1CCOC[C@@H]1C1CC1)C12CC3CC(CC(C3)C1)C2. The lowest BCUT2D eigenvalue weighted by molar-refractivity contribution is -0.166. The Bertz CT molecular complexity index is 421. The van der Waals surface area contributed by atoms with Gasteiger partial charge in [0, 0.05) is 6.54 Å². The lowest BCUT2D eigenvalue weighted by Gasteiger charge is -2.57. The lowest BCUT2D eigenvalue weighted by Crippen LogP contribution is -2.59. The Balaban J connectivity index is 1.42. The summed E-state index contributed by atoms with van der Waals surface area (Å²) in [5.41, 5.74) is 0.0409. The smallest absolute Gasteiger partial charge is 0.229 e. The molecule has 1 amide bonds. The van der Waals surface area contributed by atoms with Gasteiger partial charge in [-0.3, -0.25) is 4.79 Å². The molecule has 0 radical (unpaired) electrons. The Morgan fingerprint density at radius 3 is 2.19 bits per heavy atom. The Labute approximate surface area is 127 Å². The molecule has 6 aliphatic rings. The molecule has 0 aromatic heterocycles. The molecular weight excluding hydrogens is 262 g/mol. The fourth-order valence-electron chi connectivity index (χ4n) is 6.42. The van der Waals surface area contributed by atoms with Crippen LogP contribution in [0.3, 0.4) is 0 Å². The quantitative estimate of drug-likeness (QED) is 0.782. The number of carbonyl (C=O) groups excluding carboxylic acids is 1. The molecule has 1 atom stereocenters. The zero-order valence-electron chi connectivity index (χ0n) is 12.9. The minimum absolute atomic E-state index is 0.0409. The predicted molar refractivity (Wildman–Crippen MR) is 79.6 cm³/mol. The van der Waals surface area contributed by atoms with Gasteiger partial charge < -0.3 is 9.64 Å². The minimum atomic E-state index is 0.0409. The van der Waals surface area contributed by atoms with Gasteiger partial charge in [0.1, 0.15) is 0 Å². The maximum atomic E-state index is 13.5.